The Hall–Kier alpha value is -2.84. The summed E-state index contributed by atoms with van der Waals surface area (Å²) < 4.78 is 40.3. The lowest BCUT2D eigenvalue weighted by Gasteiger charge is -2.18. The van der Waals surface area contributed by atoms with E-state index in [2.05, 4.69) is 10.4 Å². The Morgan fingerprint density at radius 2 is 2.04 bits per heavy atom. The molecule has 1 aliphatic heterocycles. The molecule has 1 atom stereocenters. The number of rotatable bonds is 4. The number of hydrogen-bond acceptors (Lipinski definition) is 3. The highest BCUT2D eigenvalue weighted by atomic mass is 19.4. The van der Waals surface area contributed by atoms with Crippen LogP contribution in [0.25, 0.3) is 0 Å². The van der Waals surface area contributed by atoms with Gasteiger partial charge >= 0.3 is 6.18 Å². The second-order valence-electron chi connectivity index (χ2n) is 6.70. The van der Waals surface area contributed by atoms with E-state index < -0.39 is 17.7 Å². The van der Waals surface area contributed by atoms with E-state index in [-0.39, 0.29) is 36.5 Å². The van der Waals surface area contributed by atoms with Crippen molar-refractivity contribution in [3.8, 4) is 0 Å². The van der Waals surface area contributed by atoms with Crippen molar-refractivity contribution in [3.05, 3.63) is 42.1 Å². The molecule has 1 aliphatic rings. The largest absolute Gasteiger partial charge is 0.416 e. The average molecular weight is 380 g/mol. The number of hydrogen-bond donors (Lipinski definition) is 1. The first-order valence-corrected chi connectivity index (χ1v) is 8.49. The summed E-state index contributed by atoms with van der Waals surface area (Å²) in [5.74, 6) is -0.880. The van der Waals surface area contributed by atoms with Gasteiger partial charge in [0.1, 0.15) is 5.82 Å². The molecule has 0 radical (unpaired) electrons. The monoisotopic (exact) mass is 380 g/mol. The Morgan fingerprint density at radius 1 is 1.30 bits per heavy atom. The number of alkyl halides is 3. The fraction of sp³-hybridized carbons (Fsp3) is 0.389. The molecule has 144 valence electrons. The highest BCUT2D eigenvalue weighted by Gasteiger charge is 2.37. The molecule has 2 aromatic rings. The van der Waals surface area contributed by atoms with Crippen molar-refractivity contribution in [2.24, 2.45) is 5.92 Å². The predicted molar refractivity (Wildman–Crippen MR) is 93.1 cm³/mol. The summed E-state index contributed by atoms with van der Waals surface area (Å²) in [4.78, 5) is 26.0. The summed E-state index contributed by atoms with van der Waals surface area (Å²) in [7, 11) is 0. The summed E-state index contributed by atoms with van der Waals surface area (Å²) >= 11 is 0. The number of nitrogens with zero attached hydrogens (tertiary/aromatic N) is 3. The fourth-order valence-corrected chi connectivity index (χ4v) is 3.04. The second-order valence-corrected chi connectivity index (χ2v) is 6.70. The number of carbonyl (C=O) groups excluding carboxylic acids is 2. The summed E-state index contributed by atoms with van der Waals surface area (Å²) in [6.07, 6.45) is -2.99. The van der Waals surface area contributed by atoms with Gasteiger partial charge in [-0.3, -0.25) is 9.59 Å². The molecule has 0 unspecified atom stereocenters. The number of halogens is 3. The van der Waals surface area contributed by atoms with E-state index in [0.29, 0.717) is 5.82 Å². The van der Waals surface area contributed by atoms with Crippen LogP contribution >= 0.6 is 0 Å². The van der Waals surface area contributed by atoms with Crippen LogP contribution in [0.4, 0.5) is 24.7 Å². The first-order valence-electron chi connectivity index (χ1n) is 8.49. The van der Waals surface area contributed by atoms with Crippen LogP contribution in [0.2, 0.25) is 0 Å². The Labute approximate surface area is 154 Å². The standard InChI is InChI=1S/C18H19F3N4O2/c1-11(2)25-15(6-7-22-25)23-17(27)12-8-16(26)24(10-12)14-5-3-4-13(9-14)18(19,20)21/h3-7,9,11-12H,8,10H2,1-2H3,(H,23,27)/t12-/m1/s1. The van der Waals surface area contributed by atoms with E-state index in [1.54, 1.807) is 16.9 Å². The van der Waals surface area contributed by atoms with Gasteiger partial charge in [0.2, 0.25) is 11.8 Å². The molecule has 1 aromatic heterocycles. The molecule has 9 heteroatoms. The molecule has 1 fully saturated rings. The van der Waals surface area contributed by atoms with Gasteiger partial charge in [0.05, 0.1) is 17.7 Å². The maximum atomic E-state index is 12.9. The van der Waals surface area contributed by atoms with Gasteiger partial charge in [-0.05, 0) is 32.0 Å². The molecule has 2 heterocycles. The summed E-state index contributed by atoms with van der Waals surface area (Å²) in [6.45, 7) is 3.86. The molecule has 2 amide bonds. The van der Waals surface area contributed by atoms with E-state index >= 15 is 0 Å². The van der Waals surface area contributed by atoms with E-state index in [4.69, 9.17) is 0 Å². The second kappa shape index (κ2) is 7.05. The third kappa shape index (κ3) is 3.96. The highest BCUT2D eigenvalue weighted by molar-refractivity contribution is 6.03. The van der Waals surface area contributed by atoms with Crippen molar-refractivity contribution in [1.29, 1.82) is 0 Å². The van der Waals surface area contributed by atoms with Gasteiger partial charge in [-0.15, -0.1) is 0 Å². The zero-order valence-electron chi connectivity index (χ0n) is 14.8. The van der Waals surface area contributed by atoms with Crippen LogP contribution in [0, 0.1) is 5.92 Å². The smallest absolute Gasteiger partial charge is 0.312 e. The van der Waals surface area contributed by atoms with Crippen LogP contribution in [0.1, 0.15) is 31.9 Å². The Kier molecular flexibility index (Phi) is 4.95. The van der Waals surface area contributed by atoms with E-state index in [0.717, 1.165) is 12.1 Å². The van der Waals surface area contributed by atoms with Crippen molar-refractivity contribution in [1.82, 2.24) is 9.78 Å². The maximum absolute atomic E-state index is 12.9. The topological polar surface area (TPSA) is 67.2 Å². The molecular weight excluding hydrogens is 361 g/mol. The average Bonchev–Trinajstić information content (AvgIpc) is 3.21. The number of benzene rings is 1. The SMILES string of the molecule is CC(C)n1nccc1NC(=O)[C@@H]1CC(=O)N(c2cccc(C(F)(F)F)c2)C1. The first kappa shape index (κ1) is 18.9. The molecule has 3 rings (SSSR count). The maximum Gasteiger partial charge on any atom is 0.416 e. The zero-order chi connectivity index (χ0) is 19.8. The van der Waals surface area contributed by atoms with Crippen molar-refractivity contribution in [2.45, 2.75) is 32.5 Å². The van der Waals surface area contributed by atoms with Crippen molar-refractivity contribution in [2.75, 3.05) is 16.8 Å². The van der Waals surface area contributed by atoms with Gasteiger partial charge in [-0.1, -0.05) is 6.07 Å². The molecule has 0 saturated carbocycles. The number of carbonyl (C=O) groups is 2. The molecule has 1 N–H and O–H groups in total. The quantitative estimate of drug-likeness (QED) is 0.883. The normalized spacial score (nSPS) is 17.6. The lowest BCUT2D eigenvalue weighted by atomic mass is 10.1. The molecule has 27 heavy (non-hydrogen) atoms. The van der Waals surface area contributed by atoms with Crippen LogP contribution in [-0.2, 0) is 15.8 Å². The van der Waals surface area contributed by atoms with Crippen LogP contribution in [0.15, 0.2) is 36.5 Å². The van der Waals surface area contributed by atoms with E-state index in [9.17, 15) is 22.8 Å². The lowest BCUT2D eigenvalue weighted by molar-refractivity contribution is -0.137. The Morgan fingerprint density at radius 3 is 2.70 bits per heavy atom. The third-order valence-corrected chi connectivity index (χ3v) is 4.39. The van der Waals surface area contributed by atoms with Crippen molar-refractivity contribution in [3.63, 3.8) is 0 Å². The molecular formula is C18H19F3N4O2. The lowest BCUT2D eigenvalue weighted by Crippen LogP contribution is -2.29. The van der Waals surface area contributed by atoms with Gasteiger partial charge in [0.25, 0.3) is 0 Å². The van der Waals surface area contributed by atoms with Crippen LogP contribution in [0.5, 0.6) is 0 Å². The number of amides is 2. The van der Waals surface area contributed by atoms with Gasteiger partial charge in [-0.2, -0.15) is 18.3 Å². The minimum Gasteiger partial charge on any atom is -0.312 e. The molecule has 6 nitrogen and oxygen atoms in total. The molecule has 0 aliphatic carbocycles. The molecule has 0 bridgehead atoms. The summed E-state index contributed by atoms with van der Waals surface area (Å²) in [6, 6.07) is 6.25. The van der Waals surface area contributed by atoms with Gasteiger partial charge < -0.3 is 10.2 Å². The Balaban J connectivity index is 1.74. The third-order valence-electron chi connectivity index (χ3n) is 4.39. The molecule has 0 spiro atoms. The van der Waals surface area contributed by atoms with Crippen molar-refractivity contribution < 1.29 is 22.8 Å². The van der Waals surface area contributed by atoms with Crippen LogP contribution in [-0.4, -0.2) is 28.1 Å². The van der Waals surface area contributed by atoms with Gasteiger partial charge in [0, 0.05) is 30.8 Å². The van der Waals surface area contributed by atoms with Crippen molar-refractivity contribution >= 4 is 23.3 Å². The summed E-state index contributed by atoms with van der Waals surface area (Å²) in [5, 5.41) is 6.87. The first-order chi connectivity index (χ1) is 12.7. The van der Waals surface area contributed by atoms with Crippen LogP contribution in [0.3, 0.4) is 0 Å². The Bertz CT molecular complexity index is 860. The minimum atomic E-state index is -4.50. The highest BCUT2D eigenvalue weighted by Crippen LogP contribution is 2.33. The zero-order valence-corrected chi connectivity index (χ0v) is 14.8. The predicted octanol–water partition coefficient (Wildman–Crippen LogP) is 3.47. The minimum absolute atomic E-state index is 0.0296. The fourth-order valence-electron chi connectivity index (χ4n) is 3.04. The van der Waals surface area contributed by atoms with Gasteiger partial charge in [0.15, 0.2) is 0 Å². The number of nitrogens with one attached hydrogen (secondary N) is 1. The van der Waals surface area contributed by atoms with E-state index in [1.807, 2.05) is 13.8 Å². The van der Waals surface area contributed by atoms with E-state index in [1.165, 1.54) is 17.0 Å². The number of anilines is 2. The summed E-state index contributed by atoms with van der Waals surface area (Å²) in [5.41, 5.74) is -0.695. The van der Waals surface area contributed by atoms with Gasteiger partial charge in [-0.25, -0.2) is 4.68 Å². The van der Waals surface area contributed by atoms with Crippen LogP contribution < -0.4 is 10.2 Å². The number of aromatic nitrogens is 2. The molecule has 1 saturated heterocycles. The molecule has 1 aromatic carbocycles.